The fraction of sp³-hybridized carbons (Fsp3) is 0.897. The van der Waals surface area contributed by atoms with Gasteiger partial charge in [0.15, 0.2) is 0 Å². The van der Waals surface area contributed by atoms with Gasteiger partial charge in [0.1, 0.15) is 0 Å². The van der Waals surface area contributed by atoms with Crippen LogP contribution in [0.1, 0.15) is 425 Å². The number of aliphatic hydroxyl groups excluding tert-OH is 2. The first-order chi connectivity index (χ1) is 41.5. The van der Waals surface area contributed by atoms with E-state index in [1.807, 2.05) is 6.08 Å². The number of rotatable bonds is 72. The van der Waals surface area contributed by atoms with E-state index in [0.29, 0.717) is 19.4 Å². The molecule has 0 aliphatic rings. The van der Waals surface area contributed by atoms with Crippen LogP contribution in [0.15, 0.2) is 36.5 Å². The summed E-state index contributed by atoms with van der Waals surface area (Å²) < 4.78 is 5.51. The number of hydrogen-bond donors (Lipinski definition) is 3. The molecule has 496 valence electrons. The molecule has 0 saturated carbocycles. The molecule has 1 amide bonds. The lowest BCUT2D eigenvalue weighted by molar-refractivity contribution is -0.143. The summed E-state index contributed by atoms with van der Waals surface area (Å²) in [6.07, 6.45) is 95.4. The van der Waals surface area contributed by atoms with Crippen molar-refractivity contribution in [2.24, 2.45) is 0 Å². The summed E-state index contributed by atoms with van der Waals surface area (Å²) in [4.78, 5) is 24.6. The Labute approximate surface area is 525 Å². The number of aliphatic hydroxyl groups is 2. The first-order valence-corrected chi connectivity index (χ1v) is 38.3. The molecule has 0 aromatic rings. The quantitative estimate of drug-likeness (QED) is 0.0320. The van der Waals surface area contributed by atoms with E-state index >= 15 is 0 Å². The number of carbonyl (C=O) groups excluding carboxylic acids is 2. The molecule has 6 nitrogen and oxygen atoms in total. The van der Waals surface area contributed by atoms with Gasteiger partial charge < -0.3 is 20.3 Å². The summed E-state index contributed by atoms with van der Waals surface area (Å²) in [5.74, 6) is -0.0437. The van der Waals surface area contributed by atoms with Gasteiger partial charge in [0.2, 0.25) is 5.91 Å². The molecule has 0 aliphatic carbocycles. The highest BCUT2D eigenvalue weighted by atomic mass is 16.5. The first-order valence-electron chi connectivity index (χ1n) is 38.3. The monoisotopic (exact) mass is 1180 g/mol. The van der Waals surface area contributed by atoms with E-state index < -0.39 is 12.1 Å². The lowest BCUT2D eigenvalue weighted by Crippen LogP contribution is -2.45. The summed E-state index contributed by atoms with van der Waals surface area (Å²) in [6.45, 7) is 4.94. The zero-order valence-electron chi connectivity index (χ0n) is 56.9. The Morgan fingerprint density at radius 1 is 0.321 bits per heavy atom. The predicted octanol–water partition coefficient (Wildman–Crippen LogP) is 25.0. The molecule has 0 heterocycles. The lowest BCUT2D eigenvalue weighted by Gasteiger charge is -2.20. The van der Waals surface area contributed by atoms with Crippen molar-refractivity contribution >= 4 is 11.9 Å². The van der Waals surface area contributed by atoms with Gasteiger partial charge in [-0.3, -0.25) is 9.59 Å². The molecule has 3 N–H and O–H groups in total. The molecule has 2 unspecified atom stereocenters. The van der Waals surface area contributed by atoms with E-state index in [0.717, 1.165) is 38.5 Å². The number of allylic oxidation sites excluding steroid dienone is 5. The van der Waals surface area contributed by atoms with Crippen LogP contribution in [0.5, 0.6) is 0 Å². The number of carbonyl (C=O) groups is 2. The van der Waals surface area contributed by atoms with E-state index in [1.54, 1.807) is 6.08 Å². The Bertz CT molecular complexity index is 1360. The molecule has 0 rings (SSSR count). The molecular formula is C78H149NO5. The zero-order valence-corrected chi connectivity index (χ0v) is 56.9. The molecule has 6 heteroatoms. The smallest absolute Gasteiger partial charge is 0.305 e. The van der Waals surface area contributed by atoms with Crippen molar-refractivity contribution in [3.05, 3.63) is 36.5 Å². The van der Waals surface area contributed by atoms with E-state index in [9.17, 15) is 19.8 Å². The minimum atomic E-state index is -0.842. The van der Waals surface area contributed by atoms with Crippen molar-refractivity contribution < 1.29 is 24.5 Å². The second-order valence-electron chi connectivity index (χ2n) is 26.3. The number of esters is 1. The highest BCUT2D eigenvalue weighted by Gasteiger charge is 2.18. The van der Waals surface area contributed by atoms with Crippen molar-refractivity contribution in [3.63, 3.8) is 0 Å². The Morgan fingerprint density at radius 3 is 0.845 bits per heavy atom. The summed E-state index contributed by atoms with van der Waals surface area (Å²) in [5, 5.41) is 23.2. The molecule has 2 atom stereocenters. The molecule has 84 heavy (non-hydrogen) atoms. The van der Waals surface area contributed by atoms with Gasteiger partial charge in [-0.15, -0.1) is 0 Å². The molecule has 0 aromatic heterocycles. The van der Waals surface area contributed by atoms with Crippen molar-refractivity contribution in [1.29, 1.82) is 0 Å². The predicted molar refractivity (Wildman–Crippen MR) is 370 cm³/mol. The van der Waals surface area contributed by atoms with Crippen LogP contribution in [0.2, 0.25) is 0 Å². The molecular weight excluding hydrogens is 1030 g/mol. The number of hydrogen-bond acceptors (Lipinski definition) is 5. The second-order valence-corrected chi connectivity index (χ2v) is 26.3. The van der Waals surface area contributed by atoms with Crippen LogP contribution < -0.4 is 5.32 Å². The van der Waals surface area contributed by atoms with Gasteiger partial charge in [0, 0.05) is 12.8 Å². The third-order valence-corrected chi connectivity index (χ3v) is 17.9. The lowest BCUT2D eigenvalue weighted by atomic mass is 10.0. The van der Waals surface area contributed by atoms with Gasteiger partial charge in [0.05, 0.1) is 25.4 Å². The fourth-order valence-electron chi connectivity index (χ4n) is 12.0. The maximum atomic E-state index is 12.5. The molecule has 0 spiro atoms. The zero-order chi connectivity index (χ0) is 60.6. The fourth-order valence-corrected chi connectivity index (χ4v) is 12.0. The third kappa shape index (κ3) is 69.2. The highest BCUT2D eigenvalue weighted by molar-refractivity contribution is 5.76. The largest absolute Gasteiger partial charge is 0.466 e. The summed E-state index contributed by atoms with van der Waals surface area (Å²) >= 11 is 0. The minimum Gasteiger partial charge on any atom is -0.466 e. The van der Waals surface area contributed by atoms with Crippen LogP contribution in [-0.4, -0.2) is 47.4 Å². The van der Waals surface area contributed by atoms with Crippen LogP contribution in [0, 0.1) is 0 Å². The highest BCUT2D eigenvalue weighted by Crippen LogP contribution is 2.19. The Morgan fingerprint density at radius 2 is 0.560 bits per heavy atom. The minimum absolute atomic E-state index is 0.0186. The van der Waals surface area contributed by atoms with Gasteiger partial charge in [-0.1, -0.05) is 365 Å². The standard InChI is InChI=1S/C78H149NO5/c1-3-5-7-9-11-13-15-17-19-20-36-40-44-48-52-56-60-64-68-72-78(83)84-73-69-65-61-57-53-49-45-41-38-35-33-31-29-27-25-23-21-22-24-26-28-30-32-34-37-39-43-47-51-55-59-63-67-71-77(82)79-75(74-80)76(81)70-66-62-58-54-50-46-42-18-16-14-12-10-8-6-4-2/h17,19,25,27,66,70,75-76,80-81H,3-16,18,20-24,26,28-65,67-69,71-74H2,1-2H3,(H,79,82)/b19-17-,27-25-,70-66+. The molecule has 0 aliphatic heterocycles. The number of ether oxygens (including phenoxy) is 1. The van der Waals surface area contributed by atoms with Crippen molar-refractivity contribution in [2.45, 2.75) is 437 Å². The summed E-state index contributed by atoms with van der Waals surface area (Å²) in [5.41, 5.74) is 0. The Hall–Kier alpha value is -1.92. The second kappa shape index (κ2) is 73.5. The molecule has 0 aromatic carbocycles. The first kappa shape index (κ1) is 82.1. The maximum Gasteiger partial charge on any atom is 0.305 e. The Balaban J connectivity index is 3.34. The van der Waals surface area contributed by atoms with Crippen LogP contribution in [0.4, 0.5) is 0 Å². The van der Waals surface area contributed by atoms with E-state index in [-0.39, 0.29) is 18.5 Å². The topological polar surface area (TPSA) is 95.9 Å². The molecule has 0 radical (unpaired) electrons. The summed E-state index contributed by atoms with van der Waals surface area (Å²) in [7, 11) is 0. The maximum absolute atomic E-state index is 12.5. The van der Waals surface area contributed by atoms with Crippen molar-refractivity contribution in [3.8, 4) is 0 Å². The van der Waals surface area contributed by atoms with Crippen molar-refractivity contribution in [2.75, 3.05) is 13.2 Å². The van der Waals surface area contributed by atoms with Crippen LogP contribution in [0.25, 0.3) is 0 Å². The Kier molecular flexibility index (Phi) is 71.9. The van der Waals surface area contributed by atoms with E-state index in [1.165, 1.54) is 360 Å². The van der Waals surface area contributed by atoms with Crippen LogP contribution in [-0.2, 0) is 14.3 Å². The molecule has 0 fully saturated rings. The van der Waals surface area contributed by atoms with Gasteiger partial charge >= 0.3 is 5.97 Å². The summed E-state index contributed by atoms with van der Waals surface area (Å²) in [6, 6.07) is -0.625. The van der Waals surface area contributed by atoms with Gasteiger partial charge in [-0.2, -0.15) is 0 Å². The van der Waals surface area contributed by atoms with Crippen molar-refractivity contribution in [1.82, 2.24) is 5.32 Å². The average Bonchev–Trinajstić information content (AvgIpc) is 3.53. The number of unbranched alkanes of at least 4 members (excludes halogenated alkanes) is 57. The van der Waals surface area contributed by atoms with Crippen LogP contribution in [0.3, 0.4) is 0 Å². The third-order valence-electron chi connectivity index (χ3n) is 17.9. The van der Waals surface area contributed by atoms with Gasteiger partial charge in [0.25, 0.3) is 0 Å². The van der Waals surface area contributed by atoms with Gasteiger partial charge in [-0.25, -0.2) is 0 Å². The molecule has 0 bridgehead atoms. The number of nitrogens with one attached hydrogen (secondary N) is 1. The van der Waals surface area contributed by atoms with E-state index in [2.05, 4.69) is 43.5 Å². The SMILES string of the molecule is CCCCCCCC/C=C\CCCCCCCCCCCC(=O)OCCCCCCCCCCCCCC/C=C\CCCCCCCCCCCCCCCCCCCC(=O)NC(CO)C(O)/C=C/CCCCCCCCCCCCCCC. The van der Waals surface area contributed by atoms with E-state index in [4.69, 9.17) is 4.74 Å². The van der Waals surface area contributed by atoms with Gasteiger partial charge in [-0.05, 0) is 83.5 Å². The van der Waals surface area contributed by atoms with Crippen LogP contribution >= 0.6 is 0 Å². The normalized spacial score (nSPS) is 12.7. The molecule has 0 saturated heterocycles. The average molecular weight is 1180 g/mol. The number of amides is 1.